The van der Waals surface area contributed by atoms with Crippen LogP contribution in [-0.2, 0) is 33.5 Å². The standard InChI is InChI=1S/C28H38N4O8/c1-17-18(2)26(38)24(19(3)25(17)37)28(4,5)16-23(36)31(6)14-15-40-27(39)30-11-7-8-20(33)29-12-13-32-21(34)9-10-22(32)35/h9-10H,7-8,11-16H2,1-6H3,(H,29,33)(H,30,39). The molecule has 2 aliphatic rings. The number of carbonyl (C=O) groups is 7. The van der Waals surface area contributed by atoms with Gasteiger partial charge in [0.15, 0.2) is 11.6 Å². The average molecular weight is 559 g/mol. The third-order valence-electron chi connectivity index (χ3n) is 6.95. The predicted molar refractivity (Wildman–Crippen MR) is 145 cm³/mol. The fourth-order valence-corrected chi connectivity index (χ4v) is 4.45. The van der Waals surface area contributed by atoms with E-state index >= 15 is 0 Å². The first-order chi connectivity index (χ1) is 18.7. The van der Waals surface area contributed by atoms with Crippen molar-refractivity contribution in [2.45, 2.75) is 53.9 Å². The number of nitrogens with zero attached hydrogens (tertiary/aromatic N) is 2. The molecule has 2 rings (SSSR count). The topological polar surface area (TPSA) is 159 Å². The van der Waals surface area contributed by atoms with Crippen LogP contribution in [0.25, 0.3) is 0 Å². The van der Waals surface area contributed by atoms with Crippen molar-refractivity contribution < 1.29 is 38.3 Å². The number of likely N-dealkylation sites (N-methyl/N-ethyl adjacent to an activating group) is 1. The van der Waals surface area contributed by atoms with Gasteiger partial charge in [-0.05, 0) is 27.2 Å². The van der Waals surface area contributed by atoms with Gasteiger partial charge in [0.05, 0.1) is 6.54 Å². The van der Waals surface area contributed by atoms with Crippen molar-refractivity contribution in [3.63, 3.8) is 0 Å². The number of imide groups is 1. The maximum atomic E-state index is 12.9. The summed E-state index contributed by atoms with van der Waals surface area (Å²) in [5.41, 5.74) is 0.659. The lowest BCUT2D eigenvalue weighted by Gasteiger charge is -2.32. The van der Waals surface area contributed by atoms with E-state index < -0.39 is 23.3 Å². The van der Waals surface area contributed by atoms with E-state index in [0.29, 0.717) is 28.7 Å². The molecule has 0 bridgehead atoms. The second-order valence-corrected chi connectivity index (χ2v) is 10.5. The molecule has 0 saturated heterocycles. The average Bonchev–Trinajstić information content (AvgIpc) is 3.20. The van der Waals surface area contributed by atoms with Gasteiger partial charge in [-0.15, -0.1) is 0 Å². The number of ketones is 2. The summed E-state index contributed by atoms with van der Waals surface area (Å²) in [5.74, 6) is -1.78. The monoisotopic (exact) mass is 558 g/mol. The molecule has 12 nitrogen and oxygen atoms in total. The molecular formula is C28H38N4O8. The van der Waals surface area contributed by atoms with E-state index in [1.54, 1.807) is 41.7 Å². The van der Waals surface area contributed by atoms with Gasteiger partial charge in [-0.2, -0.15) is 0 Å². The number of allylic oxidation sites excluding steroid dienone is 4. The number of nitrogens with one attached hydrogen (secondary N) is 2. The lowest BCUT2D eigenvalue weighted by atomic mass is 9.71. The molecule has 0 unspecified atom stereocenters. The molecule has 1 aliphatic heterocycles. The van der Waals surface area contributed by atoms with Crippen molar-refractivity contribution in [2.75, 3.05) is 39.8 Å². The van der Waals surface area contributed by atoms with Crippen LogP contribution in [0.1, 0.15) is 53.9 Å². The number of hydrogen-bond acceptors (Lipinski definition) is 8. The molecule has 1 aliphatic carbocycles. The van der Waals surface area contributed by atoms with Crippen LogP contribution in [-0.4, -0.2) is 90.9 Å². The molecular weight excluding hydrogens is 520 g/mol. The van der Waals surface area contributed by atoms with Crippen LogP contribution in [0.4, 0.5) is 4.79 Å². The van der Waals surface area contributed by atoms with Crippen LogP contribution in [0.5, 0.6) is 0 Å². The van der Waals surface area contributed by atoms with E-state index in [0.717, 1.165) is 4.90 Å². The first kappa shape index (κ1) is 32.1. The second kappa shape index (κ2) is 13.8. The Balaban J connectivity index is 1.65. The maximum Gasteiger partial charge on any atom is 0.407 e. The Morgan fingerprint density at radius 2 is 1.50 bits per heavy atom. The normalized spacial score (nSPS) is 15.7. The predicted octanol–water partition coefficient (Wildman–Crippen LogP) is 1.21. The van der Waals surface area contributed by atoms with Crippen molar-refractivity contribution in [1.82, 2.24) is 20.4 Å². The van der Waals surface area contributed by atoms with E-state index in [4.69, 9.17) is 4.74 Å². The summed E-state index contributed by atoms with van der Waals surface area (Å²) in [7, 11) is 1.56. The van der Waals surface area contributed by atoms with E-state index in [9.17, 15) is 33.6 Å². The summed E-state index contributed by atoms with van der Waals surface area (Å²) >= 11 is 0. The molecule has 0 fully saturated rings. The summed E-state index contributed by atoms with van der Waals surface area (Å²) in [6.45, 7) is 8.86. The van der Waals surface area contributed by atoms with Crippen LogP contribution in [0.3, 0.4) is 0 Å². The van der Waals surface area contributed by atoms with Crippen molar-refractivity contribution in [3.05, 3.63) is 34.4 Å². The van der Waals surface area contributed by atoms with Gasteiger partial charge in [0.1, 0.15) is 6.61 Å². The molecule has 5 amide bonds. The highest BCUT2D eigenvalue weighted by Gasteiger charge is 2.38. The van der Waals surface area contributed by atoms with Crippen molar-refractivity contribution in [2.24, 2.45) is 5.41 Å². The van der Waals surface area contributed by atoms with Gasteiger partial charge in [-0.3, -0.25) is 33.7 Å². The third kappa shape index (κ3) is 8.20. The Kier molecular flexibility index (Phi) is 11.1. The van der Waals surface area contributed by atoms with E-state index in [-0.39, 0.29) is 69.0 Å². The fourth-order valence-electron chi connectivity index (χ4n) is 4.45. The number of Topliss-reactive ketones (excluding diaryl/α,β-unsaturated/α-hetero) is 2. The number of alkyl carbamates (subject to hydrolysis) is 1. The van der Waals surface area contributed by atoms with Crippen LogP contribution in [0.15, 0.2) is 34.4 Å². The summed E-state index contributed by atoms with van der Waals surface area (Å²) in [4.78, 5) is 87.4. The zero-order valence-electron chi connectivity index (χ0n) is 24.0. The fraction of sp³-hybridized carbons (Fsp3) is 0.536. The Bertz CT molecular complexity index is 1180. The van der Waals surface area contributed by atoms with E-state index in [2.05, 4.69) is 10.6 Å². The minimum absolute atomic E-state index is 0.00266. The van der Waals surface area contributed by atoms with Gasteiger partial charge in [0.25, 0.3) is 11.8 Å². The molecule has 0 aromatic heterocycles. The Labute approximate surface area is 233 Å². The second-order valence-electron chi connectivity index (χ2n) is 10.5. The van der Waals surface area contributed by atoms with Gasteiger partial charge >= 0.3 is 6.09 Å². The van der Waals surface area contributed by atoms with Gasteiger partial charge in [0.2, 0.25) is 11.8 Å². The number of rotatable bonds is 13. The largest absolute Gasteiger partial charge is 0.448 e. The molecule has 40 heavy (non-hydrogen) atoms. The first-order valence-corrected chi connectivity index (χ1v) is 13.1. The highest BCUT2D eigenvalue weighted by atomic mass is 16.5. The molecule has 12 heteroatoms. The Morgan fingerprint density at radius 3 is 2.12 bits per heavy atom. The summed E-state index contributed by atoms with van der Waals surface area (Å²) in [5, 5.41) is 5.14. The lowest BCUT2D eigenvalue weighted by molar-refractivity contribution is -0.137. The summed E-state index contributed by atoms with van der Waals surface area (Å²) in [6, 6.07) is 0. The molecule has 0 spiro atoms. The van der Waals surface area contributed by atoms with E-state index in [1.807, 2.05) is 0 Å². The van der Waals surface area contributed by atoms with Crippen LogP contribution in [0, 0.1) is 5.41 Å². The van der Waals surface area contributed by atoms with Crippen molar-refractivity contribution in [3.8, 4) is 0 Å². The van der Waals surface area contributed by atoms with E-state index in [1.165, 1.54) is 17.1 Å². The Hall–Kier alpha value is -4.09. The van der Waals surface area contributed by atoms with Crippen molar-refractivity contribution >= 4 is 41.3 Å². The minimum Gasteiger partial charge on any atom is -0.448 e. The molecule has 2 N–H and O–H groups in total. The quantitative estimate of drug-likeness (QED) is 0.194. The van der Waals surface area contributed by atoms with Crippen molar-refractivity contribution in [1.29, 1.82) is 0 Å². The molecule has 0 aromatic carbocycles. The van der Waals surface area contributed by atoms with Crippen LogP contribution >= 0.6 is 0 Å². The molecule has 0 saturated carbocycles. The highest BCUT2D eigenvalue weighted by Crippen LogP contribution is 2.39. The van der Waals surface area contributed by atoms with Crippen LogP contribution in [0.2, 0.25) is 0 Å². The lowest BCUT2D eigenvalue weighted by Crippen LogP contribution is -2.38. The maximum absolute atomic E-state index is 12.9. The zero-order chi connectivity index (χ0) is 30.2. The van der Waals surface area contributed by atoms with Gasteiger partial charge in [-0.25, -0.2) is 4.79 Å². The third-order valence-corrected chi connectivity index (χ3v) is 6.95. The SMILES string of the molecule is CC1=C(C)C(=O)C(C(C)(C)CC(=O)N(C)CCOC(=O)NCCCC(=O)NCCN2C(=O)C=CC2=O)=C(C)C1=O. The number of ether oxygens (including phenoxy) is 1. The zero-order valence-corrected chi connectivity index (χ0v) is 24.0. The first-order valence-electron chi connectivity index (χ1n) is 13.1. The summed E-state index contributed by atoms with van der Waals surface area (Å²) in [6.07, 6.45) is 2.14. The molecule has 0 radical (unpaired) electrons. The number of carbonyl (C=O) groups excluding carboxylic acids is 7. The smallest absolute Gasteiger partial charge is 0.407 e. The molecule has 1 heterocycles. The van der Waals surface area contributed by atoms with Gasteiger partial charge in [-0.1, -0.05) is 13.8 Å². The minimum atomic E-state index is -0.866. The highest BCUT2D eigenvalue weighted by molar-refractivity contribution is 6.25. The molecule has 0 atom stereocenters. The van der Waals surface area contributed by atoms with Gasteiger partial charge in [0, 0.05) is 79.4 Å². The number of amides is 5. The summed E-state index contributed by atoms with van der Waals surface area (Å²) < 4.78 is 5.10. The van der Waals surface area contributed by atoms with Crippen LogP contribution < -0.4 is 10.6 Å². The Morgan fingerprint density at radius 1 is 0.900 bits per heavy atom. The number of hydrogen-bond donors (Lipinski definition) is 2. The van der Waals surface area contributed by atoms with Gasteiger partial charge < -0.3 is 20.3 Å². The molecule has 0 aromatic rings. The molecule has 218 valence electrons.